The summed E-state index contributed by atoms with van der Waals surface area (Å²) in [4.78, 5) is 0. The van der Waals surface area contributed by atoms with Crippen molar-refractivity contribution >= 4 is 0 Å². The highest BCUT2D eigenvalue weighted by atomic mass is 16.7. The Morgan fingerprint density at radius 1 is 1.21 bits per heavy atom. The van der Waals surface area contributed by atoms with E-state index >= 15 is 0 Å². The molecule has 0 bridgehead atoms. The third-order valence-electron chi connectivity index (χ3n) is 2.94. The van der Waals surface area contributed by atoms with Crippen molar-refractivity contribution in [3.63, 3.8) is 0 Å². The van der Waals surface area contributed by atoms with E-state index < -0.39 is 0 Å². The van der Waals surface area contributed by atoms with Crippen LogP contribution in [0.3, 0.4) is 0 Å². The van der Waals surface area contributed by atoms with Crippen LogP contribution in [0.25, 0.3) is 0 Å². The molecule has 2 aliphatic heterocycles. The summed E-state index contributed by atoms with van der Waals surface area (Å²) < 4.78 is 16.4. The molecule has 0 aromatic heterocycles. The Morgan fingerprint density at radius 2 is 2.00 bits per heavy atom. The molecule has 2 aliphatic rings. The van der Waals surface area contributed by atoms with Crippen molar-refractivity contribution < 1.29 is 14.2 Å². The van der Waals surface area contributed by atoms with Gasteiger partial charge in [-0.2, -0.15) is 0 Å². The van der Waals surface area contributed by atoms with Crippen LogP contribution in [0.15, 0.2) is 0 Å². The van der Waals surface area contributed by atoms with Crippen LogP contribution < -0.4 is 5.73 Å². The molecule has 0 aliphatic carbocycles. The lowest BCUT2D eigenvalue weighted by molar-refractivity contribution is -0.0787. The first kappa shape index (κ1) is 10.4. The molecule has 82 valence electrons. The van der Waals surface area contributed by atoms with Crippen molar-refractivity contribution in [1.82, 2.24) is 0 Å². The number of ether oxygens (including phenoxy) is 3. The minimum absolute atomic E-state index is 0.0216. The average molecular weight is 201 g/mol. The molecular formula is C10H19NO3. The van der Waals surface area contributed by atoms with Crippen LogP contribution in [0, 0.1) is 5.92 Å². The normalized spacial score (nSPS) is 34.9. The van der Waals surface area contributed by atoms with Gasteiger partial charge < -0.3 is 19.9 Å². The molecule has 4 nitrogen and oxygen atoms in total. The van der Waals surface area contributed by atoms with Crippen LogP contribution in [0.4, 0.5) is 0 Å². The van der Waals surface area contributed by atoms with E-state index in [4.69, 9.17) is 19.9 Å². The van der Waals surface area contributed by atoms with Gasteiger partial charge in [-0.05, 0) is 18.8 Å². The summed E-state index contributed by atoms with van der Waals surface area (Å²) in [6.07, 6.45) is 3.36. The van der Waals surface area contributed by atoms with Crippen LogP contribution >= 0.6 is 0 Å². The van der Waals surface area contributed by atoms with E-state index in [9.17, 15) is 0 Å². The largest absolute Gasteiger partial charge is 0.381 e. The number of hydrogen-bond donors (Lipinski definition) is 1. The summed E-state index contributed by atoms with van der Waals surface area (Å²) in [6.45, 7) is 2.99. The van der Waals surface area contributed by atoms with Crippen molar-refractivity contribution in [2.45, 2.75) is 31.7 Å². The lowest BCUT2D eigenvalue weighted by Crippen LogP contribution is -2.24. The topological polar surface area (TPSA) is 53.7 Å². The lowest BCUT2D eigenvalue weighted by atomic mass is 9.96. The smallest absolute Gasteiger partial charge is 0.158 e. The van der Waals surface area contributed by atoms with Crippen molar-refractivity contribution in [3.8, 4) is 0 Å². The van der Waals surface area contributed by atoms with E-state index in [1.54, 1.807) is 0 Å². The van der Waals surface area contributed by atoms with Crippen LogP contribution in [0.2, 0.25) is 0 Å². The molecule has 0 saturated carbocycles. The summed E-state index contributed by atoms with van der Waals surface area (Å²) in [5.74, 6) is 0.699. The Bertz CT molecular complexity index is 171. The van der Waals surface area contributed by atoms with Gasteiger partial charge in [-0.3, -0.25) is 0 Å². The van der Waals surface area contributed by atoms with E-state index in [-0.39, 0.29) is 12.4 Å². The Hall–Kier alpha value is -0.160. The highest BCUT2D eigenvalue weighted by Gasteiger charge is 2.28. The van der Waals surface area contributed by atoms with Gasteiger partial charge in [0.05, 0.1) is 12.7 Å². The molecule has 2 saturated heterocycles. The van der Waals surface area contributed by atoms with Crippen LogP contribution in [-0.2, 0) is 14.2 Å². The summed E-state index contributed by atoms with van der Waals surface area (Å²) in [5.41, 5.74) is 5.50. The Kier molecular flexibility index (Phi) is 3.75. The molecule has 2 unspecified atom stereocenters. The molecule has 14 heavy (non-hydrogen) atoms. The second-order valence-electron chi connectivity index (χ2n) is 4.05. The lowest BCUT2D eigenvalue weighted by Gasteiger charge is -2.23. The molecule has 0 radical (unpaired) electrons. The molecule has 2 fully saturated rings. The van der Waals surface area contributed by atoms with E-state index in [2.05, 4.69) is 0 Å². The molecule has 0 amide bonds. The highest BCUT2D eigenvalue weighted by Crippen LogP contribution is 2.24. The average Bonchev–Trinajstić information content (AvgIpc) is 2.67. The maximum Gasteiger partial charge on any atom is 0.158 e. The van der Waals surface area contributed by atoms with Crippen molar-refractivity contribution in [2.24, 2.45) is 11.7 Å². The van der Waals surface area contributed by atoms with Gasteiger partial charge >= 0.3 is 0 Å². The molecule has 0 spiro atoms. The molecule has 2 rings (SSSR count). The summed E-state index contributed by atoms with van der Waals surface area (Å²) in [7, 11) is 0. The Balaban J connectivity index is 1.69. The zero-order valence-corrected chi connectivity index (χ0v) is 8.48. The number of rotatable bonds is 3. The van der Waals surface area contributed by atoms with Gasteiger partial charge in [-0.1, -0.05) is 0 Å². The maximum absolute atomic E-state index is 5.63. The molecule has 0 aromatic carbocycles. The van der Waals surface area contributed by atoms with Gasteiger partial charge in [0.1, 0.15) is 0 Å². The van der Waals surface area contributed by atoms with Crippen LogP contribution in [-0.4, -0.2) is 38.8 Å². The molecule has 2 N–H and O–H groups in total. The second kappa shape index (κ2) is 5.07. The number of nitrogens with two attached hydrogens (primary N) is 1. The van der Waals surface area contributed by atoms with Gasteiger partial charge in [-0.15, -0.1) is 0 Å². The summed E-state index contributed by atoms with van der Waals surface area (Å²) in [5, 5.41) is 0. The van der Waals surface area contributed by atoms with Crippen molar-refractivity contribution in [1.29, 1.82) is 0 Å². The first-order chi connectivity index (χ1) is 6.88. The third-order valence-corrected chi connectivity index (χ3v) is 2.94. The SMILES string of the molecule is NCC1COC(CC2CCOCC2)O1. The molecule has 2 heterocycles. The van der Waals surface area contributed by atoms with Crippen LogP contribution in [0.1, 0.15) is 19.3 Å². The van der Waals surface area contributed by atoms with Crippen molar-refractivity contribution in [3.05, 3.63) is 0 Å². The first-order valence-electron chi connectivity index (χ1n) is 5.43. The van der Waals surface area contributed by atoms with Crippen LogP contribution in [0.5, 0.6) is 0 Å². The standard InChI is InChI=1S/C10H19NO3/c11-6-9-7-13-10(14-9)5-8-1-3-12-4-2-8/h8-10H,1-7,11H2. The van der Waals surface area contributed by atoms with Crippen molar-refractivity contribution in [2.75, 3.05) is 26.4 Å². The predicted molar refractivity (Wildman–Crippen MR) is 51.8 cm³/mol. The minimum Gasteiger partial charge on any atom is -0.381 e. The van der Waals surface area contributed by atoms with E-state index in [0.29, 0.717) is 19.1 Å². The fourth-order valence-corrected chi connectivity index (χ4v) is 2.01. The van der Waals surface area contributed by atoms with Gasteiger partial charge in [0.15, 0.2) is 6.29 Å². The first-order valence-corrected chi connectivity index (χ1v) is 5.43. The quantitative estimate of drug-likeness (QED) is 0.722. The summed E-state index contributed by atoms with van der Waals surface area (Å²) in [6, 6.07) is 0. The Morgan fingerprint density at radius 3 is 2.64 bits per heavy atom. The van der Waals surface area contributed by atoms with Gasteiger partial charge in [-0.25, -0.2) is 0 Å². The van der Waals surface area contributed by atoms with E-state index in [0.717, 1.165) is 32.5 Å². The maximum atomic E-state index is 5.63. The molecule has 2 atom stereocenters. The van der Waals surface area contributed by atoms with E-state index in [1.165, 1.54) is 0 Å². The molecule has 0 aromatic rings. The highest BCUT2D eigenvalue weighted by molar-refractivity contribution is 4.71. The van der Waals surface area contributed by atoms with Gasteiger partial charge in [0.25, 0.3) is 0 Å². The zero-order chi connectivity index (χ0) is 9.80. The minimum atomic E-state index is -0.0216. The molecule has 4 heteroatoms. The van der Waals surface area contributed by atoms with E-state index in [1.807, 2.05) is 0 Å². The van der Waals surface area contributed by atoms with Gasteiger partial charge in [0.2, 0.25) is 0 Å². The van der Waals surface area contributed by atoms with Gasteiger partial charge in [0, 0.05) is 26.2 Å². The number of hydrogen-bond acceptors (Lipinski definition) is 4. The molecular weight excluding hydrogens is 182 g/mol. The summed E-state index contributed by atoms with van der Waals surface area (Å²) >= 11 is 0. The third kappa shape index (κ3) is 2.67. The second-order valence-corrected chi connectivity index (χ2v) is 4.05. The fraction of sp³-hybridized carbons (Fsp3) is 1.00. The Labute approximate surface area is 84.7 Å². The fourth-order valence-electron chi connectivity index (χ4n) is 2.01. The predicted octanol–water partition coefficient (Wildman–Crippen LogP) is 0.503. The monoisotopic (exact) mass is 201 g/mol. The zero-order valence-electron chi connectivity index (χ0n) is 8.48.